The van der Waals surface area contributed by atoms with Crippen LogP contribution in [0.4, 0.5) is 18.0 Å². The summed E-state index contributed by atoms with van der Waals surface area (Å²) in [6.45, 7) is 8.60. The molecule has 2 aliphatic rings. The number of piperidine rings is 1. The second-order valence-electron chi connectivity index (χ2n) is 12.9. The number of carbonyl (C=O) groups is 2. The maximum absolute atomic E-state index is 15.5. The Bertz CT molecular complexity index is 1720. The molecule has 0 bridgehead atoms. The molecule has 45 heavy (non-hydrogen) atoms. The molecule has 12 heteroatoms. The van der Waals surface area contributed by atoms with Crippen molar-refractivity contribution in [2.45, 2.75) is 70.7 Å². The monoisotopic (exact) mass is 641 g/mol. The fourth-order valence-corrected chi connectivity index (χ4v) is 7.20. The highest BCUT2D eigenvalue weighted by atomic mass is 32.1. The van der Waals surface area contributed by atoms with Crippen molar-refractivity contribution in [2.75, 3.05) is 32.7 Å². The number of aromatic nitrogens is 2. The van der Waals surface area contributed by atoms with Crippen LogP contribution in [-0.2, 0) is 4.74 Å². The number of thiazole rings is 1. The SMILES string of the molecule is CC(C)(C)OC(=O)N1CCCC1c1ccc(-c2cn3c(n2)sc2cc(C(=O)NCCCN4CCC(F)CC4)ccc23)c(F)c1F. The molecule has 2 aromatic carbocycles. The van der Waals surface area contributed by atoms with Crippen molar-refractivity contribution in [3.63, 3.8) is 0 Å². The van der Waals surface area contributed by atoms with E-state index in [1.807, 2.05) is 16.5 Å². The number of nitrogens with zero attached hydrogens (tertiary/aromatic N) is 4. The number of fused-ring (bicyclic) bond motifs is 3. The van der Waals surface area contributed by atoms with Crippen LogP contribution in [0.1, 0.15) is 74.8 Å². The van der Waals surface area contributed by atoms with Crippen LogP contribution in [0.3, 0.4) is 0 Å². The summed E-state index contributed by atoms with van der Waals surface area (Å²) in [5, 5.41) is 2.96. The van der Waals surface area contributed by atoms with E-state index in [1.54, 1.807) is 33.0 Å². The van der Waals surface area contributed by atoms with Gasteiger partial charge in [-0.2, -0.15) is 0 Å². The molecule has 0 spiro atoms. The summed E-state index contributed by atoms with van der Waals surface area (Å²) in [4.78, 5) is 34.4. The Morgan fingerprint density at radius 3 is 2.60 bits per heavy atom. The number of carbonyl (C=O) groups excluding carboxylic acids is 2. The second kappa shape index (κ2) is 12.6. The molecule has 1 unspecified atom stereocenters. The van der Waals surface area contributed by atoms with Gasteiger partial charge in [0.05, 0.1) is 22.0 Å². The average molecular weight is 642 g/mol. The van der Waals surface area contributed by atoms with E-state index in [9.17, 15) is 14.0 Å². The lowest BCUT2D eigenvalue weighted by atomic mass is 10.0. The third-order valence-corrected chi connectivity index (χ3v) is 9.46. The third-order valence-electron chi connectivity index (χ3n) is 8.44. The van der Waals surface area contributed by atoms with Crippen molar-refractivity contribution in [1.82, 2.24) is 24.5 Å². The second-order valence-corrected chi connectivity index (χ2v) is 13.9. The van der Waals surface area contributed by atoms with Gasteiger partial charge in [-0.05, 0) is 83.7 Å². The predicted molar refractivity (Wildman–Crippen MR) is 168 cm³/mol. The number of amides is 2. The van der Waals surface area contributed by atoms with Gasteiger partial charge in [-0.1, -0.05) is 17.4 Å². The Morgan fingerprint density at radius 1 is 1.07 bits per heavy atom. The van der Waals surface area contributed by atoms with E-state index in [4.69, 9.17) is 4.74 Å². The van der Waals surface area contributed by atoms with E-state index in [1.165, 1.54) is 28.4 Å². The summed E-state index contributed by atoms with van der Waals surface area (Å²) >= 11 is 1.36. The molecule has 0 saturated carbocycles. The first-order valence-electron chi connectivity index (χ1n) is 15.5. The lowest BCUT2D eigenvalue weighted by molar-refractivity contribution is 0.0221. The number of benzene rings is 2. The highest BCUT2D eigenvalue weighted by Crippen LogP contribution is 2.38. The molecule has 4 aromatic rings. The first-order chi connectivity index (χ1) is 21.5. The molecule has 6 rings (SSSR count). The number of rotatable bonds is 7. The first kappa shape index (κ1) is 31.3. The van der Waals surface area contributed by atoms with E-state index in [-0.39, 0.29) is 17.0 Å². The maximum atomic E-state index is 15.5. The van der Waals surface area contributed by atoms with Gasteiger partial charge in [-0.15, -0.1) is 0 Å². The lowest BCUT2D eigenvalue weighted by Gasteiger charge is -2.29. The highest BCUT2D eigenvalue weighted by molar-refractivity contribution is 7.23. The van der Waals surface area contributed by atoms with Crippen LogP contribution >= 0.6 is 11.3 Å². The summed E-state index contributed by atoms with van der Waals surface area (Å²) in [5.41, 5.74) is 1.09. The Balaban J connectivity index is 1.14. The van der Waals surface area contributed by atoms with Crippen LogP contribution in [-0.4, -0.2) is 75.7 Å². The normalized spacial score (nSPS) is 18.3. The summed E-state index contributed by atoms with van der Waals surface area (Å²) < 4.78 is 52.5. The largest absolute Gasteiger partial charge is 0.444 e. The first-order valence-corrected chi connectivity index (χ1v) is 16.3. The smallest absolute Gasteiger partial charge is 0.410 e. The van der Waals surface area contributed by atoms with Gasteiger partial charge in [0.15, 0.2) is 16.6 Å². The van der Waals surface area contributed by atoms with Crippen LogP contribution in [0.15, 0.2) is 36.5 Å². The molecule has 2 amide bonds. The molecule has 8 nitrogen and oxygen atoms in total. The van der Waals surface area contributed by atoms with Gasteiger partial charge in [0.25, 0.3) is 5.91 Å². The quantitative estimate of drug-likeness (QED) is 0.218. The molecule has 2 aliphatic heterocycles. The standard InChI is InChI=1S/C33H38F3N5O3S/c1-33(2,3)44-32(43)40-15-4-6-25(40)23-9-8-22(28(35)29(23)36)24-19-41-26-10-7-20(18-27(26)45-31(41)38-24)30(42)37-13-5-14-39-16-11-21(34)12-17-39/h7-10,18-19,21,25H,4-6,11-17H2,1-3H3,(H,37,42). The molecular formula is C33H38F3N5O3S. The number of likely N-dealkylation sites (tertiary alicyclic amines) is 2. The minimum atomic E-state index is -1.01. The summed E-state index contributed by atoms with van der Waals surface area (Å²) in [6, 6.07) is 7.81. The molecule has 0 aliphatic carbocycles. The van der Waals surface area contributed by atoms with Gasteiger partial charge in [0.1, 0.15) is 11.8 Å². The number of hydrogen-bond donors (Lipinski definition) is 1. The fraction of sp³-hybridized carbons (Fsp3) is 0.485. The zero-order valence-corrected chi connectivity index (χ0v) is 26.6. The van der Waals surface area contributed by atoms with Gasteiger partial charge in [0, 0.05) is 49.1 Å². The van der Waals surface area contributed by atoms with Crippen molar-refractivity contribution in [3.05, 3.63) is 59.3 Å². The van der Waals surface area contributed by atoms with Gasteiger partial charge in [-0.25, -0.2) is 22.9 Å². The Hall–Kier alpha value is -3.64. The third kappa shape index (κ3) is 6.67. The van der Waals surface area contributed by atoms with E-state index in [0.29, 0.717) is 55.0 Å². The van der Waals surface area contributed by atoms with Crippen molar-refractivity contribution in [3.8, 4) is 11.3 Å². The van der Waals surface area contributed by atoms with Gasteiger partial charge in [0.2, 0.25) is 0 Å². The molecule has 1 N–H and O–H groups in total. The van der Waals surface area contributed by atoms with Crippen LogP contribution in [0.25, 0.3) is 26.4 Å². The molecular weight excluding hydrogens is 603 g/mol. The van der Waals surface area contributed by atoms with Gasteiger partial charge in [-0.3, -0.25) is 9.20 Å². The molecule has 2 aromatic heterocycles. The van der Waals surface area contributed by atoms with Crippen LogP contribution < -0.4 is 5.32 Å². The molecule has 4 heterocycles. The van der Waals surface area contributed by atoms with Gasteiger partial charge >= 0.3 is 6.09 Å². The van der Waals surface area contributed by atoms with Gasteiger partial charge < -0.3 is 19.9 Å². The minimum absolute atomic E-state index is 0.0344. The van der Waals surface area contributed by atoms with Crippen LogP contribution in [0.5, 0.6) is 0 Å². The van der Waals surface area contributed by atoms with E-state index >= 15 is 8.78 Å². The number of hydrogen-bond acceptors (Lipinski definition) is 6. The van der Waals surface area contributed by atoms with Crippen molar-refractivity contribution >= 4 is 38.5 Å². The number of imidazole rings is 1. The lowest BCUT2D eigenvalue weighted by Crippen LogP contribution is -2.36. The number of halogens is 3. The molecule has 2 saturated heterocycles. The Morgan fingerprint density at radius 2 is 1.84 bits per heavy atom. The molecule has 0 radical (unpaired) electrons. The summed E-state index contributed by atoms with van der Waals surface area (Å²) in [7, 11) is 0. The molecule has 1 atom stereocenters. The average Bonchev–Trinajstić information content (AvgIpc) is 3.71. The van der Waals surface area contributed by atoms with Crippen molar-refractivity contribution in [2.24, 2.45) is 0 Å². The number of nitrogens with one attached hydrogen (secondary N) is 1. The maximum Gasteiger partial charge on any atom is 0.410 e. The number of alkyl halides is 1. The van der Waals surface area contributed by atoms with E-state index < -0.39 is 35.5 Å². The van der Waals surface area contributed by atoms with E-state index in [0.717, 1.165) is 36.3 Å². The molecule has 2 fully saturated rings. The fourth-order valence-electron chi connectivity index (χ4n) is 6.15. The van der Waals surface area contributed by atoms with Crippen LogP contribution in [0.2, 0.25) is 0 Å². The Labute approximate surface area is 264 Å². The van der Waals surface area contributed by atoms with E-state index in [2.05, 4.69) is 15.2 Å². The summed E-state index contributed by atoms with van der Waals surface area (Å²) in [5.74, 6) is -2.17. The highest BCUT2D eigenvalue weighted by Gasteiger charge is 2.35. The zero-order chi connectivity index (χ0) is 31.9. The minimum Gasteiger partial charge on any atom is -0.444 e. The predicted octanol–water partition coefficient (Wildman–Crippen LogP) is 7.12. The molecule has 240 valence electrons. The van der Waals surface area contributed by atoms with Crippen molar-refractivity contribution in [1.29, 1.82) is 0 Å². The zero-order valence-electron chi connectivity index (χ0n) is 25.7. The van der Waals surface area contributed by atoms with Crippen LogP contribution in [0, 0.1) is 11.6 Å². The topological polar surface area (TPSA) is 79.2 Å². The Kier molecular flexibility index (Phi) is 8.80. The number of ether oxygens (including phenoxy) is 1. The summed E-state index contributed by atoms with van der Waals surface area (Å²) in [6.07, 6.45) is 3.56. The van der Waals surface area contributed by atoms with Crippen molar-refractivity contribution < 1.29 is 27.5 Å².